The molecule has 1 heterocycles. The smallest absolute Gasteiger partial charge is 0.124 e. The van der Waals surface area contributed by atoms with Crippen molar-refractivity contribution in [2.45, 2.75) is 37.7 Å². The highest BCUT2D eigenvalue weighted by molar-refractivity contribution is 6.30. The van der Waals surface area contributed by atoms with Crippen molar-refractivity contribution in [2.75, 3.05) is 13.7 Å². The topological polar surface area (TPSA) is 30.8 Å². The van der Waals surface area contributed by atoms with Crippen LogP contribution in [0.2, 0.25) is 5.02 Å². The number of aliphatic imine (C=N–C) groups is 1. The fraction of sp³-hybridized carbons (Fsp3) is 0.296. The highest BCUT2D eigenvalue weighted by atomic mass is 35.5. The predicted molar refractivity (Wildman–Crippen MR) is 126 cm³/mol. The maximum atomic E-state index is 6.25. The third kappa shape index (κ3) is 3.72. The molecule has 0 atom stereocenters. The molecule has 0 N–H and O–H groups in total. The first-order valence-corrected chi connectivity index (χ1v) is 11.3. The standard InChI is InChI=1S/C27H26ClNO2/c1-30-25-16-21(28)9-11-24(25)27(13-5-14-27)26-23-17-22(10-8-20(23)12-15-29-26)31-18-19-6-3-2-4-7-19/h2-4,6-11,16-17H,5,12-15,18H2,1H3. The van der Waals surface area contributed by atoms with Gasteiger partial charge in [-0.05, 0) is 54.7 Å². The summed E-state index contributed by atoms with van der Waals surface area (Å²) in [6.45, 7) is 1.38. The van der Waals surface area contributed by atoms with Crippen molar-refractivity contribution in [3.8, 4) is 11.5 Å². The van der Waals surface area contributed by atoms with Crippen molar-refractivity contribution < 1.29 is 9.47 Å². The zero-order valence-electron chi connectivity index (χ0n) is 17.7. The van der Waals surface area contributed by atoms with Crippen LogP contribution in [0.4, 0.5) is 0 Å². The summed E-state index contributed by atoms with van der Waals surface area (Å²) in [5.41, 5.74) is 5.96. The van der Waals surface area contributed by atoms with Crippen LogP contribution in [0, 0.1) is 0 Å². The number of benzene rings is 3. The van der Waals surface area contributed by atoms with E-state index in [4.69, 9.17) is 26.1 Å². The van der Waals surface area contributed by atoms with Crippen LogP contribution in [0.15, 0.2) is 71.7 Å². The third-order valence-corrected chi connectivity index (χ3v) is 6.81. The number of hydrogen-bond acceptors (Lipinski definition) is 3. The second-order valence-corrected chi connectivity index (χ2v) is 8.79. The normalized spacial score (nSPS) is 16.6. The van der Waals surface area contributed by atoms with E-state index >= 15 is 0 Å². The van der Waals surface area contributed by atoms with Crippen molar-refractivity contribution in [2.24, 2.45) is 4.99 Å². The predicted octanol–water partition coefficient (Wildman–Crippen LogP) is 6.39. The van der Waals surface area contributed by atoms with Gasteiger partial charge in [-0.1, -0.05) is 60.5 Å². The lowest BCUT2D eigenvalue weighted by Crippen LogP contribution is -2.44. The number of methoxy groups -OCH3 is 1. The van der Waals surface area contributed by atoms with Gasteiger partial charge in [0.25, 0.3) is 0 Å². The van der Waals surface area contributed by atoms with Gasteiger partial charge in [0.05, 0.1) is 12.8 Å². The quantitative estimate of drug-likeness (QED) is 0.452. The Morgan fingerprint density at radius 3 is 2.58 bits per heavy atom. The van der Waals surface area contributed by atoms with E-state index in [1.165, 1.54) is 28.8 Å². The number of ether oxygens (including phenoxy) is 2. The average molecular weight is 432 g/mol. The molecule has 0 bridgehead atoms. The maximum Gasteiger partial charge on any atom is 0.124 e. The number of fused-ring (bicyclic) bond motifs is 1. The van der Waals surface area contributed by atoms with Crippen LogP contribution in [-0.4, -0.2) is 19.4 Å². The summed E-state index contributed by atoms with van der Waals surface area (Å²) in [6.07, 6.45) is 4.28. The summed E-state index contributed by atoms with van der Waals surface area (Å²) in [4.78, 5) is 5.07. The van der Waals surface area contributed by atoms with Gasteiger partial charge in [-0.15, -0.1) is 0 Å². The third-order valence-electron chi connectivity index (χ3n) is 6.58. The van der Waals surface area contributed by atoms with Gasteiger partial charge in [0.2, 0.25) is 0 Å². The van der Waals surface area contributed by atoms with E-state index in [0.717, 1.165) is 42.9 Å². The SMILES string of the molecule is COc1cc(Cl)ccc1C1(C2=NCCc3ccc(OCc4ccccc4)cc32)CCC1. The summed E-state index contributed by atoms with van der Waals surface area (Å²) in [7, 11) is 1.72. The van der Waals surface area contributed by atoms with Crippen LogP contribution in [0.1, 0.15) is 41.5 Å². The molecule has 3 nitrogen and oxygen atoms in total. The highest BCUT2D eigenvalue weighted by Gasteiger charge is 2.46. The van der Waals surface area contributed by atoms with Crippen LogP contribution in [0.3, 0.4) is 0 Å². The zero-order valence-corrected chi connectivity index (χ0v) is 18.5. The Morgan fingerprint density at radius 1 is 1.00 bits per heavy atom. The van der Waals surface area contributed by atoms with E-state index in [-0.39, 0.29) is 5.41 Å². The Balaban J connectivity index is 1.50. The first-order chi connectivity index (χ1) is 15.2. The fourth-order valence-corrected chi connectivity index (χ4v) is 4.99. The van der Waals surface area contributed by atoms with E-state index in [1.807, 2.05) is 30.3 Å². The molecule has 0 unspecified atom stereocenters. The van der Waals surface area contributed by atoms with Crippen LogP contribution >= 0.6 is 11.6 Å². The monoisotopic (exact) mass is 431 g/mol. The Bertz CT molecular complexity index is 1120. The summed E-state index contributed by atoms with van der Waals surface area (Å²) in [6, 6.07) is 22.7. The molecule has 1 aliphatic carbocycles. The fourth-order valence-electron chi connectivity index (χ4n) is 4.83. The molecule has 3 aromatic rings. The number of rotatable bonds is 6. The number of nitrogens with zero attached hydrogens (tertiary/aromatic N) is 1. The van der Waals surface area contributed by atoms with Crippen molar-refractivity contribution in [1.82, 2.24) is 0 Å². The maximum absolute atomic E-state index is 6.25. The van der Waals surface area contributed by atoms with E-state index in [2.05, 4.69) is 36.4 Å². The minimum atomic E-state index is -0.122. The van der Waals surface area contributed by atoms with Gasteiger partial charge in [-0.3, -0.25) is 4.99 Å². The molecule has 0 spiro atoms. The average Bonchev–Trinajstić information content (AvgIpc) is 2.78. The van der Waals surface area contributed by atoms with Crippen molar-refractivity contribution >= 4 is 17.3 Å². The van der Waals surface area contributed by atoms with Gasteiger partial charge >= 0.3 is 0 Å². The second kappa shape index (κ2) is 8.39. The first kappa shape index (κ1) is 20.1. The molecule has 3 aromatic carbocycles. The van der Waals surface area contributed by atoms with E-state index in [1.54, 1.807) is 7.11 Å². The lowest BCUT2D eigenvalue weighted by Gasteiger charge is -2.45. The van der Waals surface area contributed by atoms with Crippen molar-refractivity contribution in [1.29, 1.82) is 0 Å². The van der Waals surface area contributed by atoms with Gasteiger partial charge in [-0.2, -0.15) is 0 Å². The van der Waals surface area contributed by atoms with Crippen LogP contribution < -0.4 is 9.47 Å². The van der Waals surface area contributed by atoms with Gasteiger partial charge in [-0.25, -0.2) is 0 Å². The Hall–Kier alpha value is -2.78. The summed E-state index contributed by atoms with van der Waals surface area (Å²) >= 11 is 6.25. The number of hydrogen-bond donors (Lipinski definition) is 0. The van der Waals surface area contributed by atoms with Crippen LogP contribution in [0.5, 0.6) is 11.5 Å². The largest absolute Gasteiger partial charge is 0.496 e. The lowest BCUT2D eigenvalue weighted by atomic mass is 9.59. The Kier molecular flexibility index (Phi) is 5.45. The molecule has 1 saturated carbocycles. The van der Waals surface area contributed by atoms with E-state index < -0.39 is 0 Å². The molecule has 2 aliphatic rings. The van der Waals surface area contributed by atoms with Crippen LogP contribution in [0.25, 0.3) is 0 Å². The first-order valence-electron chi connectivity index (χ1n) is 10.9. The Morgan fingerprint density at radius 2 is 1.84 bits per heavy atom. The minimum Gasteiger partial charge on any atom is -0.496 e. The molecule has 1 fully saturated rings. The molecule has 5 rings (SSSR count). The van der Waals surface area contributed by atoms with Crippen LogP contribution in [-0.2, 0) is 18.4 Å². The molecule has 0 aromatic heterocycles. The summed E-state index contributed by atoms with van der Waals surface area (Å²) < 4.78 is 11.9. The van der Waals surface area contributed by atoms with Gasteiger partial charge in [0.1, 0.15) is 18.1 Å². The molecular formula is C27H26ClNO2. The van der Waals surface area contributed by atoms with Gasteiger partial charge < -0.3 is 9.47 Å². The summed E-state index contributed by atoms with van der Waals surface area (Å²) in [5.74, 6) is 1.73. The molecule has 1 aliphatic heterocycles. The Labute approximate surface area is 188 Å². The van der Waals surface area contributed by atoms with Gasteiger partial charge in [0, 0.05) is 28.1 Å². The molecule has 0 radical (unpaired) electrons. The van der Waals surface area contributed by atoms with Crippen molar-refractivity contribution in [3.63, 3.8) is 0 Å². The molecule has 0 amide bonds. The van der Waals surface area contributed by atoms with Gasteiger partial charge in [0.15, 0.2) is 0 Å². The van der Waals surface area contributed by atoms with E-state index in [0.29, 0.717) is 11.6 Å². The molecule has 0 saturated heterocycles. The minimum absolute atomic E-state index is 0.122. The molecule has 31 heavy (non-hydrogen) atoms. The molecular weight excluding hydrogens is 406 g/mol. The molecule has 158 valence electrons. The van der Waals surface area contributed by atoms with E-state index in [9.17, 15) is 0 Å². The van der Waals surface area contributed by atoms with Crippen molar-refractivity contribution in [3.05, 3.63) is 94.0 Å². The molecule has 4 heteroatoms. The summed E-state index contributed by atoms with van der Waals surface area (Å²) in [5, 5.41) is 0.692. The second-order valence-electron chi connectivity index (χ2n) is 8.35. The highest BCUT2D eigenvalue weighted by Crippen LogP contribution is 2.51. The lowest BCUT2D eigenvalue weighted by molar-refractivity contribution is 0.305. The number of halogens is 1. The zero-order chi connectivity index (χ0) is 21.3.